The van der Waals surface area contributed by atoms with Gasteiger partial charge in [0.15, 0.2) is 0 Å². The van der Waals surface area contributed by atoms with Crippen LogP contribution in [0.25, 0.3) is 6.08 Å². The molecule has 0 aromatic heterocycles. The predicted molar refractivity (Wildman–Crippen MR) is 51.2 cm³/mol. The molecule has 0 bridgehead atoms. The van der Waals surface area contributed by atoms with Crippen LogP contribution in [0, 0.1) is 0 Å². The van der Waals surface area contributed by atoms with Gasteiger partial charge in [-0.2, -0.15) is 0 Å². The Kier molecular flexibility index (Phi) is 1.03. The summed E-state index contributed by atoms with van der Waals surface area (Å²) < 4.78 is 7.94. The molecule has 1 aromatic rings. The first-order valence-electron chi connectivity index (χ1n) is 5.15. The molecular formula is C12H12. The molecule has 1 aromatic carbocycles. The van der Waals surface area contributed by atoms with E-state index < -0.39 is 0 Å². The van der Waals surface area contributed by atoms with Crippen LogP contribution in [-0.4, -0.2) is 0 Å². The lowest BCUT2D eigenvalue weighted by Gasteiger charge is -2.16. The minimum atomic E-state index is 0.0276. The van der Waals surface area contributed by atoms with E-state index in [2.05, 4.69) is 30.4 Å². The fraction of sp³-hybridized carbons (Fsp3) is 0.333. The van der Waals surface area contributed by atoms with Gasteiger partial charge in [0, 0.05) is 1.37 Å². The molecule has 12 heavy (non-hydrogen) atoms. The van der Waals surface area contributed by atoms with Crippen molar-refractivity contribution in [1.82, 2.24) is 0 Å². The van der Waals surface area contributed by atoms with Gasteiger partial charge in [-0.05, 0) is 41.8 Å². The molecule has 0 heteroatoms. The Bertz CT molecular complexity index is 379. The molecule has 0 saturated heterocycles. The highest BCUT2D eigenvalue weighted by Crippen LogP contribution is 2.40. The Hall–Kier alpha value is -1.04. The fourth-order valence-corrected chi connectivity index (χ4v) is 2.36. The monoisotopic (exact) mass is 157 g/mol. The molecule has 2 atom stereocenters. The van der Waals surface area contributed by atoms with Crippen molar-refractivity contribution in [3.8, 4) is 0 Å². The maximum atomic E-state index is 7.94. The molecule has 0 spiro atoms. The summed E-state index contributed by atoms with van der Waals surface area (Å²) in [7, 11) is 0. The minimum absolute atomic E-state index is 0.0276. The Morgan fingerprint density at radius 2 is 2.42 bits per heavy atom. The highest BCUT2D eigenvalue weighted by molar-refractivity contribution is 5.61. The molecule has 0 amide bonds. The SMILES string of the molecule is [2H]C1CC2CC=Cc3cccc1c32. The van der Waals surface area contributed by atoms with Crippen LogP contribution in [0.4, 0.5) is 0 Å². The molecule has 0 aliphatic heterocycles. The maximum Gasteiger partial charge on any atom is 0.0316 e. The molecule has 3 rings (SSSR count). The largest absolute Gasteiger partial charge is 0.0833 e. The average molecular weight is 157 g/mol. The maximum absolute atomic E-state index is 7.94. The first-order chi connectivity index (χ1) is 6.36. The second-order valence-electron chi connectivity index (χ2n) is 3.62. The number of hydrogen-bond acceptors (Lipinski definition) is 0. The van der Waals surface area contributed by atoms with Crippen LogP contribution in [0.15, 0.2) is 24.3 Å². The second kappa shape index (κ2) is 2.22. The molecule has 0 radical (unpaired) electrons. The van der Waals surface area contributed by atoms with Crippen LogP contribution in [0.5, 0.6) is 0 Å². The lowest BCUT2D eigenvalue weighted by molar-refractivity contribution is 0.684. The number of aryl methyl sites for hydroxylation is 1. The summed E-state index contributed by atoms with van der Waals surface area (Å²) in [6.45, 7) is 0. The number of hydrogen-bond donors (Lipinski definition) is 0. The first-order valence-corrected chi connectivity index (χ1v) is 4.58. The molecule has 0 N–H and O–H groups in total. The Balaban J connectivity index is 2.28. The van der Waals surface area contributed by atoms with E-state index in [0.717, 1.165) is 12.8 Å². The minimum Gasteiger partial charge on any atom is -0.0833 e. The van der Waals surface area contributed by atoms with Crippen molar-refractivity contribution < 1.29 is 1.37 Å². The summed E-state index contributed by atoms with van der Waals surface area (Å²) in [6, 6.07) is 6.36. The topological polar surface area (TPSA) is 0 Å². The van der Waals surface area contributed by atoms with E-state index >= 15 is 0 Å². The van der Waals surface area contributed by atoms with Crippen molar-refractivity contribution in [1.29, 1.82) is 0 Å². The van der Waals surface area contributed by atoms with Crippen LogP contribution < -0.4 is 0 Å². The zero-order valence-electron chi connectivity index (χ0n) is 7.96. The van der Waals surface area contributed by atoms with Crippen LogP contribution in [0.3, 0.4) is 0 Å². The van der Waals surface area contributed by atoms with Gasteiger partial charge in [-0.1, -0.05) is 30.4 Å². The van der Waals surface area contributed by atoms with Crippen LogP contribution in [0.1, 0.15) is 36.8 Å². The molecule has 2 unspecified atom stereocenters. The van der Waals surface area contributed by atoms with Gasteiger partial charge in [-0.25, -0.2) is 0 Å². The van der Waals surface area contributed by atoms with Gasteiger partial charge in [-0.15, -0.1) is 0 Å². The Morgan fingerprint density at radius 3 is 3.42 bits per heavy atom. The van der Waals surface area contributed by atoms with Crippen LogP contribution in [0.2, 0.25) is 0 Å². The number of allylic oxidation sites excluding steroid dienone is 1. The van der Waals surface area contributed by atoms with E-state index in [0.29, 0.717) is 5.92 Å². The van der Waals surface area contributed by atoms with E-state index in [1.54, 1.807) is 0 Å². The third kappa shape index (κ3) is 0.726. The van der Waals surface area contributed by atoms with Crippen molar-refractivity contribution in [2.24, 2.45) is 0 Å². The van der Waals surface area contributed by atoms with Gasteiger partial charge in [0.2, 0.25) is 0 Å². The van der Waals surface area contributed by atoms with Crippen molar-refractivity contribution in [3.63, 3.8) is 0 Å². The number of rotatable bonds is 0. The Morgan fingerprint density at radius 1 is 1.42 bits per heavy atom. The molecular weight excluding hydrogens is 144 g/mol. The summed E-state index contributed by atoms with van der Waals surface area (Å²) in [6.07, 6.45) is 6.64. The molecule has 0 fully saturated rings. The van der Waals surface area contributed by atoms with E-state index in [4.69, 9.17) is 1.37 Å². The van der Waals surface area contributed by atoms with Gasteiger partial charge in [-0.3, -0.25) is 0 Å². The first kappa shape index (κ1) is 5.58. The van der Waals surface area contributed by atoms with Crippen LogP contribution >= 0.6 is 0 Å². The van der Waals surface area contributed by atoms with E-state index in [1.165, 1.54) is 16.7 Å². The van der Waals surface area contributed by atoms with Gasteiger partial charge >= 0.3 is 0 Å². The quantitative estimate of drug-likeness (QED) is 0.542. The highest BCUT2D eigenvalue weighted by Gasteiger charge is 2.25. The molecule has 2 aliphatic rings. The summed E-state index contributed by atoms with van der Waals surface area (Å²) in [5.74, 6) is 0.638. The molecule has 0 saturated carbocycles. The third-order valence-electron chi connectivity index (χ3n) is 2.92. The summed E-state index contributed by atoms with van der Waals surface area (Å²) in [5, 5.41) is 0. The summed E-state index contributed by atoms with van der Waals surface area (Å²) in [5.41, 5.74) is 4.08. The Labute approximate surface area is 74.3 Å². The lowest BCUT2D eigenvalue weighted by Crippen LogP contribution is -1.98. The van der Waals surface area contributed by atoms with E-state index in [-0.39, 0.29) is 6.40 Å². The zero-order valence-corrected chi connectivity index (χ0v) is 6.96. The van der Waals surface area contributed by atoms with Crippen molar-refractivity contribution >= 4 is 6.08 Å². The van der Waals surface area contributed by atoms with E-state index in [1.807, 2.05) is 0 Å². The van der Waals surface area contributed by atoms with Crippen molar-refractivity contribution in [2.75, 3.05) is 0 Å². The third-order valence-corrected chi connectivity index (χ3v) is 2.92. The van der Waals surface area contributed by atoms with Gasteiger partial charge in [0.05, 0.1) is 0 Å². The molecule has 0 heterocycles. The van der Waals surface area contributed by atoms with Crippen molar-refractivity contribution in [3.05, 3.63) is 41.0 Å². The normalized spacial score (nSPS) is 31.5. The average Bonchev–Trinajstić information content (AvgIpc) is 2.47. The lowest BCUT2D eigenvalue weighted by atomic mass is 9.89. The van der Waals surface area contributed by atoms with Gasteiger partial charge in [0.25, 0.3) is 0 Å². The molecule has 0 nitrogen and oxygen atoms in total. The van der Waals surface area contributed by atoms with Gasteiger partial charge in [0.1, 0.15) is 0 Å². The predicted octanol–water partition coefficient (Wildman–Crippen LogP) is 3.13. The van der Waals surface area contributed by atoms with Gasteiger partial charge < -0.3 is 0 Å². The van der Waals surface area contributed by atoms with Crippen LogP contribution in [-0.2, 0) is 6.40 Å². The smallest absolute Gasteiger partial charge is 0.0316 e. The molecule has 2 aliphatic carbocycles. The zero-order chi connectivity index (χ0) is 8.84. The standard InChI is InChI=1S/C12H12/c1-3-9-4-2-6-11-8-7-10(5-1)12(9)11/h1-5,11H,6-8H2/i7D. The number of benzene rings is 1. The highest BCUT2D eigenvalue weighted by atomic mass is 14.3. The fourth-order valence-electron chi connectivity index (χ4n) is 2.36. The summed E-state index contributed by atoms with van der Waals surface area (Å²) in [4.78, 5) is 0. The summed E-state index contributed by atoms with van der Waals surface area (Å²) >= 11 is 0. The second-order valence-corrected chi connectivity index (χ2v) is 3.62. The molecule has 60 valence electrons. The van der Waals surface area contributed by atoms with E-state index in [9.17, 15) is 0 Å². The van der Waals surface area contributed by atoms with Crippen molar-refractivity contribution in [2.45, 2.75) is 25.2 Å².